The monoisotopic (exact) mass is 387 g/mol. The number of aromatic nitrogens is 3. The molecule has 0 radical (unpaired) electrons. The topological polar surface area (TPSA) is 47.9 Å². The van der Waals surface area contributed by atoms with E-state index >= 15 is 0 Å². The maximum absolute atomic E-state index is 6.42. The molecule has 3 heterocycles. The second-order valence-corrected chi connectivity index (χ2v) is 8.44. The first-order valence-corrected chi connectivity index (χ1v) is 10.5. The lowest BCUT2D eigenvalue weighted by molar-refractivity contribution is 0.464. The van der Waals surface area contributed by atoms with Crippen LogP contribution >= 0.6 is 11.3 Å². The molecule has 0 atom stereocenters. The normalized spacial score (nSPS) is 13.5. The van der Waals surface area contributed by atoms with Crippen LogP contribution in [-0.4, -0.2) is 15.0 Å². The molecule has 28 heavy (non-hydrogen) atoms. The van der Waals surface area contributed by atoms with Crippen molar-refractivity contribution >= 4 is 21.6 Å². The fraction of sp³-hybridized carbons (Fsp3) is 0.261. The van der Waals surface area contributed by atoms with E-state index in [1.165, 1.54) is 28.8 Å². The van der Waals surface area contributed by atoms with E-state index in [4.69, 9.17) is 14.7 Å². The van der Waals surface area contributed by atoms with Crippen molar-refractivity contribution in [3.8, 4) is 23.0 Å². The summed E-state index contributed by atoms with van der Waals surface area (Å²) in [5, 5.41) is 1.09. The van der Waals surface area contributed by atoms with Crippen LogP contribution in [-0.2, 0) is 12.8 Å². The van der Waals surface area contributed by atoms with Crippen LogP contribution in [0.3, 0.4) is 0 Å². The van der Waals surface area contributed by atoms with Gasteiger partial charge in [0.25, 0.3) is 0 Å². The van der Waals surface area contributed by atoms with Crippen molar-refractivity contribution in [2.75, 3.05) is 0 Å². The summed E-state index contributed by atoms with van der Waals surface area (Å²) in [6.45, 7) is 4.15. The van der Waals surface area contributed by atoms with Crippen molar-refractivity contribution in [1.29, 1.82) is 0 Å². The largest absolute Gasteiger partial charge is 0.438 e. The van der Waals surface area contributed by atoms with Gasteiger partial charge in [-0.25, -0.2) is 4.98 Å². The second kappa shape index (κ2) is 6.99. The van der Waals surface area contributed by atoms with Crippen LogP contribution in [0.25, 0.3) is 21.6 Å². The van der Waals surface area contributed by atoms with Gasteiger partial charge in [-0.3, -0.25) is 4.98 Å². The maximum Gasteiger partial charge on any atom is 0.231 e. The van der Waals surface area contributed by atoms with Crippen molar-refractivity contribution in [2.24, 2.45) is 0 Å². The fourth-order valence-corrected chi connectivity index (χ4v) is 5.00. The molecule has 1 aromatic carbocycles. The van der Waals surface area contributed by atoms with Gasteiger partial charge in [0, 0.05) is 22.8 Å². The van der Waals surface area contributed by atoms with Gasteiger partial charge in [0.15, 0.2) is 5.82 Å². The molecular weight excluding hydrogens is 366 g/mol. The third kappa shape index (κ3) is 3.06. The SMILES string of the molecule is Cc1ccc(C)c(Oc2nc(-c3cccnc3)nc3sc4c(c23)CCCC4)c1. The Labute approximate surface area is 168 Å². The number of pyridine rings is 1. The predicted octanol–water partition coefficient (Wildman–Crippen LogP) is 6.04. The first-order chi connectivity index (χ1) is 13.7. The van der Waals surface area contributed by atoms with Crippen molar-refractivity contribution < 1.29 is 4.74 Å². The maximum atomic E-state index is 6.42. The molecule has 3 aromatic heterocycles. The lowest BCUT2D eigenvalue weighted by Gasteiger charge is -2.14. The fourth-order valence-electron chi connectivity index (χ4n) is 3.74. The van der Waals surface area contributed by atoms with Crippen LogP contribution in [0.2, 0.25) is 0 Å². The molecule has 5 heteroatoms. The Morgan fingerprint density at radius 3 is 2.79 bits per heavy atom. The summed E-state index contributed by atoms with van der Waals surface area (Å²) < 4.78 is 6.42. The number of hydrogen-bond donors (Lipinski definition) is 0. The van der Waals surface area contributed by atoms with E-state index in [-0.39, 0.29) is 0 Å². The molecule has 5 rings (SSSR count). The quantitative estimate of drug-likeness (QED) is 0.430. The first-order valence-electron chi connectivity index (χ1n) is 9.67. The van der Waals surface area contributed by atoms with E-state index in [2.05, 4.69) is 37.0 Å². The highest BCUT2D eigenvalue weighted by Crippen LogP contribution is 2.42. The van der Waals surface area contributed by atoms with Gasteiger partial charge in [-0.1, -0.05) is 12.1 Å². The van der Waals surface area contributed by atoms with Crippen LogP contribution < -0.4 is 4.74 Å². The summed E-state index contributed by atoms with van der Waals surface area (Å²) in [4.78, 5) is 16.4. The van der Waals surface area contributed by atoms with Gasteiger partial charge >= 0.3 is 0 Å². The molecule has 0 aliphatic heterocycles. The molecule has 0 bridgehead atoms. The van der Waals surface area contributed by atoms with Gasteiger partial charge in [0.05, 0.1) is 5.39 Å². The number of aryl methyl sites for hydroxylation is 4. The second-order valence-electron chi connectivity index (χ2n) is 7.36. The van der Waals surface area contributed by atoms with Gasteiger partial charge in [0.1, 0.15) is 10.6 Å². The van der Waals surface area contributed by atoms with E-state index in [1.54, 1.807) is 23.7 Å². The van der Waals surface area contributed by atoms with Crippen molar-refractivity contribution in [3.05, 3.63) is 64.3 Å². The molecule has 0 fully saturated rings. The van der Waals surface area contributed by atoms with Crippen LogP contribution in [0.1, 0.15) is 34.4 Å². The van der Waals surface area contributed by atoms with Crippen LogP contribution in [0.4, 0.5) is 0 Å². The highest BCUT2D eigenvalue weighted by Gasteiger charge is 2.23. The van der Waals surface area contributed by atoms with Gasteiger partial charge in [-0.2, -0.15) is 4.98 Å². The Hall–Kier alpha value is -2.79. The van der Waals surface area contributed by atoms with Gasteiger partial charge in [-0.15, -0.1) is 11.3 Å². The molecule has 0 saturated heterocycles. The molecule has 0 N–H and O–H groups in total. The lowest BCUT2D eigenvalue weighted by atomic mass is 9.97. The molecule has 140 valence electrons. The third-order valence-electron chi connectivity index (χ3n) is 5.25. The number of hydrogen-bond acceptors (Lipinski definition) is 5. The van der Waals surface area contributed by atoms with E-state index in [0.29, 0.717) is 11.7 Å². The van der Waals surface area contributed by atoms with Crippen LogP contribution in [0, 0.1) is 13.8 Å². The number of fused-ring (bicyclic) bond motifs is 3. The molecule has 0 unspecified atom stereocenters. The summed E-state index contributed by atoms with van der Waals surface area (Å²) in [5.41, 5.74) is 4.56. The Morgan fingerprint density at radius 2 is 1.93 bits per heavy atom. The molecule has 0 spiro atoms. The van der Waals surface area contributed by atoms with Crippen molar-refractivity contribution in [2.45, 2.75) is 39.5 Å². The van der Waals surface area contributed by atoms with E-state index < -0.39 is 0 Å². The molecule has 0 amide bonds. The smallest absolute Gasteiger partial charge is 0.231 e. The Balaban J connectivity index is 1.72. The third-order valence-corrected chi connectivity index (χ3v) is 6.44. The zero-order valence-electron chi connectivity index (χ0n) is 16.0. The summed E-state index contributed by atoms with van der Waals surface area (Å²) in [6.07, 6.45) is 8.23. The number of rotatable bonds is 3. The summed E-state index contributed by atoms with van der Waals surface area (Å²) >= 11 is 1.79. The first kappa shape index (κ1) is 17.3. The summed E-state index contributed by atoms with van der Waals surface area (Å²) in [6, 6.07) is 10.2. The van der Waals surface area contributed by atoms with E-state index in [1.807, 2.05) is 12.1 Å². The zero-order chi connectivity index (χ0) is 19.1. The highest BCUT2D eigenvalue weighted by atomic mass is 32.1. The molecule has 1 aliphatic carbocycles. The number of ether oxygens (including phenoxy) is 1. The minimum atomic E-state index is 0.664. The lowest BCUT2D eigenvalue weighted by Crippen LogP contribution is -2.01. The van der Waals surface area contributed by atoms with E-state index in [9.17, 15) is 0 Å². The Morgan fingerprint density at radius 1 is 1.04 bits per heavy atom. The highest BCUT2D eigenvalue weighted by molar-refractivity contribution is 7.18. The molecule has 4 nitrogen and oxygen atoms in total. The molecule has 1 aliphatic rings. The zero-order valence-corrected chi connectivity index (χ0v) is 16.8. The number of benzene rings is 1. The van der Waals surface area contributed by atoms with E-state index in [0.717, 1.165) is 39.9 Å². The minimum absolute atomic E-state index is 0.664. The van der Waals surface area contributed by atoms with Gasteiger partial charge in [0.2, 0.25) is 5.88 Å². The van der Waals surface area contributed by atoms with Gasteiger partial charge in [-0.05, 0) is 74.4 Å². The number of nitrogens with zero attached hydrogens (tertiary/aromatic N) is 3. The Kier molecular flexibility index (Phi) is 4.32. The van der Waals surface area contributed by atoms with Crippen LogP contribution in [0.15, 0.2) is 42.7 Å². The average Bonchev–Trinajstić information content (AvgIpc) is 3.10. The van der Waals surface area contributed by atoms with Crippen molar-refractivity contribution in [3.63, 3.8) is 0 Å². The van der Waals surface area contributed by atoms with Crippen molar-refractivity contribution in [1.82, 2.24) is 15.0 Å². The summed E-state index contributed by atoms with van der Waals surface area (Å²) in [5.74, 6) is 2.18. The van der Waals surface area contributed by atoms with Gasteiger partial charge < -0.3 is 4.74 Å². The standard InChI is InChI=1S/C23H21N3OS/c1-14-9-10-15(2)18(12-14)27-22-20-17-7-3-4-8-19(17)28-23(20)26-21(25-22)16-6-5-11-24-13-16/h5-6,9-13H,3-4,7-8H2,1-2H3. The summed E-state index contributed by atoms with van der Waals surface area (Å²) in [7, 11) is 0. The predicted molar refractivity (Wildman–Crippen MR) is 113 cm³/mol. The van der Waals surface area contributed by atoms with Crippen LogP contribution in [0.5, 0.6) is 11.6 Å². The number of thiophene rings is 1. The molecular formula is C23H21N3OS. The average molecular weight is 388 g/mol. The molecule has 4 aromatic rings. The Bertz CT molecular complexity index is 1170. The minimum Gasteiger partial charge on any atom is -0.438 e. The molecule has 0 saturated carbocycles.